The van der Waals surface area contributed by atoms with Crippen molar-refractivity contribution >= 4 is 148 Å². The predicted octanol–water partition coefficient (Wildman–Crippen LogP) is 16.5. The summed E-state index contributed by atoms with van der Waals surface area (Å²) < 4.78 is 223. The number of benzene rings is 10. The van der Waals surface area contributed by atoms with E-state index < -0.39 is 152 Å². The Balaban J connectivity index is 0.000000222. The quantitative estimate of drug-likeness (QED) is 0.0222. The molecule has 28 heteroatoms. The molecule has 10 aromatic carbocycles. The van der Waals surface area contributed by atoms with Gasteiger partial charge in [-0.2, -0.15) is 0 Å². The Labute approximate surface area is 573 Å². The monoisotopic (exact) mass is 1530 g/mol. The Morgan fingerprint density at radius 2 is 0.436 bits per heavy atom. The molecule has 0 aromatic heterocycles. The summed E-state index contributed by atoms with van der Waals surface area (Å²) in [7, 11) is 0. The van der Waals surface area contributed by atoms with E-state index in [2.05, 4.69) is 36.4 Å². The summed E-state index contributed by atoms with van der Waals surface area (Å²) in [5.74, 6) is -26.4. The van der Waals surface area contributed by atoms with E-state index in [4.69, 9.17) is 121 Å². The van der Waals surface area contributed by atoms with Crippen molar-refractivity contribution in [3.8, 4) is 34.5 Å². The van der Waals surface area contributed by atoms with Crippen LogP contribution >= 0.6 is 92.8 Å². The summed E-state index contributed by atoms with van der Waals surface area (Å²) in [4.78, 5) is 0. The van der Waals surface area contributed by atoms with Gasteiger partial charge in [-0.1, -0.05) is 92.8 Å². The second-order valence-corrected chi connectivity index (χ2v) is 26.6. The van der Waals surface area contributed by atoms with Crippen molar-refractivity contribution in [3.63, 3.8) is 0 Å². The van der Waals surface area contributed by atoms with Gasteiger partial charge < -0.3 is 0 Å². The average Bonchev–Trinajstić information content (AvgIpc) is 0.682. The van der Waals surface area contributed by atoms with Crippen LogP contribution in [-0.2, 0) is 0 Å². The molecule has 0 heterocycles. The first-order chi connectivity index (χ1) is 45.1. The van der Waals surface area contributed by atoms with Crippen LogP contribution in [0.25, 0.3) is 0 Å². The van der Waals surface area contributed by atoms with Crippen LogP contribution in [-0.4, -0.2) is 59.7 Å². The number of rotatable bonds is 22. The zero-order valence-electron chi connectivity index (χ0n) is 47.3. The van der Waals surface area contributed by atoms with Gasteiger partial charge in [0.15, 0.2) is 46.5 Å². The molecule has 94 heavy (non-hydrogen) atoms. The average molecular weight is 1530 g/mol. The molecule has 488 valence electrons. The van der Waals surface area contributed by atoms with E-state index in [9.17, 15) is 17.6 Å². The molecule has 0 N–H and O–H groups in total. The maximum absolute atomic E-state index is 16.0. The van der Waals surface area contributed by atoms with E-state index in [1.54, 1.807) is 0 Å². The molecule has 0 aliphatic rings. The standard InChI is InChI=1S/C42H39O6Se.C24BCl8F12/c1-4-16-34(17-5-1)43-28-31-46-37-22-10-13-25-40(37)49(41-26-14-11-23-38(41)47-32-29-44-35-18-6-2-7-19-35)42-27-15-12-24-39(42)48-33-30-45-36-20-8-3-9-21-36;26-5-1(13(34)21(42)17(38)9(5)30)25(2-6(27)10(31)18(39)22(43)14(2)35,3-7(28)11(32)19(40)23(44)15(3)36)4-8(29)12(33)20(41)24(45)16(4)37/h1-27H,28-33H2;/q+1;-1. The third kappa shape index (κ3) is 14.6. The van der Waals surface area contributed by atoms with Gasteiger partial charge in [-0.25, -0.2) is 52.7 Å². The number of ether oxygens (including phenoxy) is 6. The molecule has 10 aromatic rings. The molecule has 10 rings (SSSR count). The van der Waals surface area contributed by atoms with Crippen LogP contribution in [0.1, 0.15) is 0 Å². The number of halogens is 20. The molecule has 0 radical (unpaired) electrons. The van der Waals surface area contributed by atoms with Gasteiger partial charge in [-0.3, -0.25) is 0 Å². The molecule has 0 aliphatic carbocycles. The minimum absolute atomic E-state index is 0.398. The fraction of sp³-hybridized carbons (Fsp3) is 0.0909. The fourth-order valence-corrected chi connectivity index (χ4v) is 16.9. The van der Waals surface area contributed by atoms with Crippen molar-refractivity contribution in [2.45, 2.75) is 0 Å². The van der Waals surface area contributed by atoms with Crippen molar-refractivity contribution in [1.29, 1.82) is 0 Å². The summed E-state index contributed by atoms with van der Waals surface area (Å²) >= 11 is 44.6. The van der Waals surface area contributed by atoms with Crippen LogP contribution in [0, 0.1) is 69.8 Å². The van der Waals surface area contributed by atoms with Gasteiger partial charge >= 0.3 is 294 Å². The van der Waals surface area contributed by atoms with Gasteiger partial charge in [0, 0.05) is 20.1 Å². The second-order valence-electron chi connectivity index (χ2n) is 19.5. The second kappa shape index (κ2) is 31.7. The van der Waals surface area contributed by atoms with Gasteiger partial charge in [0.2, 0.25) is 0 Å². The van der Waals surface area contributed by atoms with E-state index in [0.717, 1.165) is 47.9 Å². The molecule has 0 saturated heterocycles. The topological polar surface area (TPSA) is 55.4 Å². The Bertz CT molecular complexity index is 3790. The predicted molar refractivity (Wildman–Crippen MR) is 346 cm³/mol. The van der Waals surface area contributed by atoms with Crippen molar-refractivity contribution in [1.82, 2.24) is 0 Å². The van der Waals surface area contributed by atoms with Crippen molar-refractivity contribution in [2.24, 2.45) is 0 Å². The zero-order chi connectivity index (χ0) is 67.7. The molecule has 6 nitrogen and oxygen atoms in total. The first kappa shape index (κ1) is 71.4. The van der Waals surface area contributed by atoms with Gasteiger partial charge in [0.25, 0.3) is 0 Å². The van der Waals surface area contributed by atoms with E-state index >= 15 is 35.1 Å². The summed E-state index contributed by atoms with van der Waals surface area (Å²) in [5, 5.41) is -13.9. The molecule has 0 bridgehead atoms. The number of hydrogen-bond donors (Lipinski definition) is 0. The van der Waals surface area contributed by atoms with Crippen LogP contribution in [0.5, 0.6) is 34.5 Å². The van der Waals surface area contributed by atoms with E-state index in [1.165, 1.54) is 0 Å². The Morgan fingerprint density at radius 3 is 0.670 bits per heavy atom. The molecule has 0 fully saturated rings. The van der Waals surface area contributed by atoms with Gasteiger partial charge in [0.1, 0.15) is 29.4 Å². The van der Waals surface area contributed by atoms with Crippen LogP contribution in [0.15, 0.2) is 164 Å². The molecule has 0 saturated carbocycles. The summed E-state index contributed by atoms with van der Waals surface area (Å²) in [5.41, 5.74) is -8.47. The van der Waals surface area contributed by atoms with E-state index in [-0.39, 0.29) is 0 Å². The summed E-state index contributed by atoms with van der Waals surface area (Å²) in [6.45, 7) is 2.46. The SMILES string of the molecule is Fc1c(F)c(Cl)c(Cl)c([B-](c2c(F)c(F)c(F)c(Cl)c2Cl)(c2c(F)c(F)c(F)c(Cl)c2Cl)c2c(F)c(F)c(F)c(Cl)c2Cl)c1F.c1ccc(OCCOc2ccccc2[Se+](c2ccccc2OCCOc2ccccc2)c2ccccc2OCCOc2ccccc2)cc1. The van der Waals surface area contributed by atoms with Crippen molar-refractivity contribution < 1.29 is 81.1 Å². The summed E-state index contributed by atoms with van der Waals surface area (Å²) in [6.07, 6.45) is -5.62. The Kier molecular flexibility index (Phi) is 24.1. The number of para-hydroxylation sites is 6. The van der Waals surface area contributed by atoms with Crippen LogP contribution in [0.2, 0.25) is 40.2 Å². The molecule has 0 aliphatic heterocycles. The van der Waals surface area contributed by atoms with E-state index in [1.807, 2.05) is 127 Å². The van der Waals surface area contributed by atoms with Crippen molar-refractivity contribution in [2.75, 3.05) is 39.6 Å². The molecule has 0 spiro atoms. The van der Waals surface area contributed by atoms with Crippen LogP contribution in [0.4, 0.5) is 52.7 Å². The first-order valence-electron chi connectivity index (χ1n) is 27.2. The molecule has 0 unspecified atom stereocenters. The van der Waals surface area contributed by atoms with E-state index in [0.29, 0.717) is 39.6 Å². The maximum atomic E-state index is 16.0. The first-order valence-corrected chi connectivity index (χ1v) is 32.8. The zero-order valence-corrected chi connectivity index (χ0v) is 55.1. The molecular weight excluding hydrogens is 1490 g/mol. The third-order valence-electron chi connectivity index (χ3n) is 14.0. The molecule has 0 amide bonds. The Hall–Kier alpha value is -6.94. The third-order valence-corrected chi connectivity index (χ3v) is 22.2. The normalized spacial score (nSPS) is 11.3. The van der Waals surface area contributed by atoms with Gasteiger partial charge in [-0.05, 0) is 0 Å². The fourth-order valence-electron chi connectivity index (χ4n) is 9.93. The van der Waals surface area contributed by atoms with Gasteiger partial charge in [-0.15, -0.1) is 21.9 Å². The summed E-state index contributed by atoms with van der Waals surface area (Å²) in [6, 6.07) is 54.1. The molecular formula is C66H39BCl8F12O6Se. The minimum atomic E-state index is -5.62. The van der Waals surface area contributed by atoms with Crippen LogP contribution in [0.3, 0.4) is 0 Å². The van der Waals surface area contributed by atoms with Gasteiger partial charge in [0.05, 0.1) is 20.1 Å². The van der Waals surface area contributed by atoms with Crippen molar-refractivity contribution in [3.05, 3.63) is 274 Å². The number of hydrogen-bond acceptors (Lipinski definition) is 6. The Morgan fingerprint density at radius 1 is 0.234 bits per heavy atom. The molecule has 0 atom stereocenters. The van der Waals surface area contributed by atoms with Crippen LogP contribution < -0.4 is 63.7 Å².